The first kappa shape index (κ1) is 19.8. The molecular formula is C21H30N2O4. The molecule has 2 saturated carbocycles. The summed E-state index contributed by atoms with van der Waals surface area (Å²) in [5.74, 6) is -0.178. The number of carboxylic acid groups (broad SMARTS) is 1. The van der Waals surface area contributed by atoms with Crippen molar-refractivity contribution in [3.05, 3.63) is 35.4 Å². The molecule has 0 atom stereocenters. The van der Waals surface area contributed by atoms with Gasteiger partial charge in [-0.3, -0.25) is 14.5 Å². The highest BCUT2D eigenvalue weighted by Crippen LogP contribution is 2.33. The van der Waals surface area contributed by atoms with E-state index in [0.29, 0.717) is 18.1 Å². The van der Waals surface area contributed by atoms with Crippen molar-refractivity contribution in [2.45, 2.75) is 64.3 Å². The first-order chi connectivity index (χ1) is 12.9. The minimum atomic E-state index is -0.773. The van der Waals surface area contributed by atoms with Crippen LogP contribution in [0.25, 0.3) is 0 Å². The van der Waals surface area contributed by atoms with Crippen LogP contribution in [0.1, 0.15) is 55.5 Å². The summed E-state index contributed by atoms with van der Waals surface area (Å²) in [4.78, 5) is 25.6. The number of amides is 1. The lowest BCUT2D eigenvalue weighted by molar-refractivity contribution is -0.139. The molecule has 1 aromatic carbocycles. The summed E-state index contributed by atoms with van der Waals surface area (Å²) in [6, 6.07) is 7.89. The van der Waals surface area contributed by atoms with E-state index in [2.05, 4.69) is 10.2 Å². The molecule has 27 heavy (non-hydrogen) atoms. The number of hydrogen-bond acceptors (Lipinski definition) is 4. The van der Waals surface area contributed by atoms with Crippen LogP contribution >= 0.6 is 0 Å². The Balaban J connectivity index is 1.44. The second-order valence-electron chi connectivity index (χ2n) is 8.12. The highest BCUT2D eigenvalue weighted by atomic mass is 16.5. The molecule has 1 amide bonds. The molecule has 3 rings (SSSR count). The van der Waals surface area contributed by atoms with Crippen LogP contribution in [0.3, 0.4) is 0 Å². The molecule has 2 N–H and O–H groups in total. The standard InChI is InChI=1S/C21H30N2O4/c1-14(2)27-13-16-5-7-17(8-6-16)21(26)22-18-9-19(10-18)23(12-20(24)25)11-15-3-4-15/h5-8,14-15,18-19H,3-4,9-13H2,1-2H3,(H,22,26)(H,24,25). The summed E-state index contributed by atoms with van der Waals surface area (Å²) >= 11 is 0. The molecule has 0 aliphatic heterocycles. The van der Waals surface area contributed by atoms with Crippen LogP contribution in [-0.4, -0.2) is 53.2 Å². The van der Waals surface area contributed by atoms with E-state index < -0.39 is 5.97 Å². The van der Waals surface area contributed by atoms with Gasteiger partial charge in [0.05, 0.1) is 19.3 Å². The van der Waals surface area contributed by atoms with Gasteiger partial charge in [0.15, 0.2) is 0 Å². The van der Waals surface area contributed by atoms with Crippen LogP contribution in [-0.2, 0) is 16.1 Å². The largest absolute Gasteiger partial charge is 0.480 e. The van der Waals surface area contributed by atoms with Gasteiger partial charge in [0, 0.05) is 24.2 Å². The molecule has 6 nitrogen and oxygen atoms in total. The first-order valence-corrected chi connectivity index (χ1v) is 9.88. The van der Waals surface area contributed by atoms with Crippen molar-refractivity contribution in [2.24, 2.45) is 5.92 Å². The Hall–Kier alpha value is -1.92. The highest BCUT2D eigenvalue weighted by Gasteiger charge is 2.37. The third kappa shape index (κ3) is 6.04. The van der Waals surface area contributed by atoms with Gasteiger partial charge in [0.1, 0.15) is 0 Å². The number of benzene rings is 1. The average Bonchev–Trinajstić information content (AvgIpc) is 3.39. The van der Waals surface area contributed by atoms with Gasteiger partial charge in [0.2, 0.25) is 0 Å². The number of carbonyl (C=O) groups is 2. The van der Waals surface area contributed by atoms with Crippen molar-refractivity contribution in [1.82, 2.24) is 10.2 Å². The fourth-order valence-corrected chi connectivity index (χ4v) is 3.44. The van der Waals surface area contributed by atoms with E-state index in [4.69, 9.17) is 9.84 Å². The lowest BCUT2D eigenvalue weighted by Crippen LogP contribution is -2.55. The molecule has 1 aromatic rings. The Bertz CT molecular complexity index is 649. The van der Waals surface area contributed by atoms with Crippen LogP contribution < -0.4 is 5.32 Å². The van der Waals surface area contributed by atoms with E-state index in [0.717, 1.165) is 24.9 Å². The molecule has 2 aliphatic carbocycles. The highest BCUT2D eigenvalue weighted by molar-refractivity contribution is 5.94. The van der Waals surface area contributed by atoms with Gasteiger partial charge >= 0.3 is 5.97 Å². The van der Waals surface area contributed by atoms with Crippen molar-refractivity contribution in [3.63, 3.8) is 0 Å². The van der Waals surface area contributed by atoms with Crippen molar-refractivity contribution in [1.29, 1.82) is 0 Å². The molecule has 0 bridgehead atoms. The van der Waals surface area contributed by atoms with Gasteiger partial charge in [-0.05, 0) is 63.1 Å². The van der Waals surface area contributed by atoms with Crippen molar-refractivity contribution >= 4 is 11.9 Å². The Morgan fingerprint density at radius 1 is 1.22 bits per heavy atom. The van der Waals surface area contributed by atoms with Crippen molar-refractivity contribution < 1.29 is 19.4 Å². The molecule has 2 fully saturated rings. The van der Waals surface area contributed by atoms with Crippen LogP contribution in [0.2, 0.25) is 0 Å². The summed E-state index contributed by atoms with van der Waals surface area (Å²) in [6.07, 6.45) is 4.25. The van der Waals surface area contributed by atoms with E-state index in [1.54, 1.807) is 0 Å². The fraction of sp³-hybridized carbons (Fsp3) is 0.619. The van der Waals surface area contributed by atoms with Crippen molar-refractivity contribution in [3.8, 4) is 0 Å². The number of carbonyl (C=O) groups excluding carboxylic acids is 1. The summed E-state index contributed by atoms with van der Waals surface area (Å²) in [5.41, 5.74) is 1.69. The number of nitrogens with one attached hydrogen (secondary N) is 1. The summed E-state index contributed by atoms with van der Waals surface area (Å²) in [7, 11) is 0. The smallest absolute Gasteiger partial charge is 0.317 e. The van der Waals surface area contributed by atoms with Gasteiger partial charge in [-0.2, -0.15) is 0 Å². The number of carboxylic acids is 1. The van der Waals surface area contributed by atoms with Crippen molar-refractivity contribution in [2.75, 3.05) is 13.1 Å². The van der Waals surface area contributed by atoms with Gasteiger partial charge in [0.25, 0.3) is 5.91 Å². The molecule has 148 valence electrons. The van der Waals surface area contributed by atoms with E-state index in [9.17, 15) is 9.59 Å². The number of ether oxygens (including phenoxy) is 1. The average molecular weight is 374 g/mol. The third-order valence-corrected chi connectivity index (χ3v) is 5.29. The second-order valence-corrected chi connectivity index (χ2v) is 8.12. The SMILES string of the molecule is CC(C)OCc1ccc(C(=O)NC2CC(N(CC(=O)O)CC3CC3)C2)cc1. The second kappa shape index (κ2) is 8.85. The number of nitrogens with zero attached hydrogens (tertiary/aromatic N) is 1. The van der Waals surface area contributed by atoms with Gasteiger partial charge < -0.3 is 15.2 Å². The molecule has 0 heterocycles. The minimum absolute atomic E-state index is 0.0678. The zero-order chi connectivity index (χ0) is 19.4. The van der Waals surface area contributed by atoms with Crippen LogP contribution in [0.15, 0.2) is 24.3 Å². The molecule has 0 spiro atoms. The molecular weight excluding hydrogens is 344 g/mol. The summed E-state index contributed by atoms with van der Waals surface area (Å²) < 4.78 is 5.57. The van der Waals surface area contributed by atoms with Gasteiger partial charge in [-0.15, -0.1) is 0 Å². The predicted octanol–water partition coefficient (Wildman–Crippen LogP) is 2.67. The molecule has 0 unspecified atom stereocenters. The van der Waals surface area contributed by atoms with Crippen LogP contribution in [0.4, 0.5) is 0 Å². The maximum absolute atomic E-state index is 12.4. The monoisotopic (exact) mass is 374 g/mol. The maximum atomic E-state index is 12.4. The zero-order valence-corrected chi connectivity index (χ0v) is 16.2. The summed E-state index contributed by atoms with van der Waals surface area (Å²) in [6.45, 7) is 5.51. The Morgan fingerprint density at radius 2 is 1.89 bits per heavy atom. The van der Waals surface area contributed by atoms with Crippen LogP contribution in [0.5, 0.6) is 0 Å². The number of hydrogen-bond donors (Lipinski definition) is 2. The molecule has 0 radical (unpaired) electrons. The Kier molecular flexibility index (Phi) is 6.50. The Morgan fingerprint density at radius 3 is 2.44 bits per heavy atom. The zero-order valence-electron chi connectivity index (χ0n) is 16.2. The lowest BCUT2D eigenvalue weighted by atomic mass is 9.85. The number of rotatable bonds is 10. The van der Waals surface area contributed by atoms with E-state index in [1.807, 2.05) is 38.1 Å². The van der Waals surface area contributed by atoms with E-state index >= 15 is 0 Å². The van der Waals surface area contributed by atoms with Gasteiger partial charge in [-0.25, -0.2) is 0 Å². The maximum Gasteiger partial charge on any atom is 0.317 e. The fourth-order valence-electron chi connectivity index (χ4n) is 3.44. The quantitative estimate of drug-likeness (QED) is 0.658. The molecule has 6 heteroatoms. The lowest BCUT2D eigenvalue weighted by Gasteiger charge is -2.42. The Labute approximate surface area is 160 Å². The van der Waals surface area contributed by atoms with E-state index in [-0.39, 0.29) is 30.6 Å². The predicted molar refractivity (Wildman–Crippen MR) is 103 cm³/mol. The minimum Gasteiger partial charge on any atom is -0.480 e. The molecule has 0 aromatic heterocycles. The molecule has 0 saturated heterocycles. The first-order valence-electron chi connectivity index (χ1n) is 9.88. The molecule has 2 aliphatic rings. The third-order valence-electron chi connectivity index (χ3n) is 5.29. The van der Waals surface area contributed by atoms with E-state index in [1.165, 1.54) is 12.8 Å². The normalized spacial score (nSPS) is 21.9. The number of aliphatic carboxylic acids is 1. The van der Waals surface area contributed by atoms with Gasteiger partial charge in [-0.1, -0.05) is 12.1 Å². The topological polar surface area (TPSA) is 78.9 Å². The summed E-state index contributed by atoms with van der Waals surface area (Å²) in [5, 5.41) is 12.2. The van der Waals surface area contributed by atoms with Crippen LogP contribution in [0, 0.1) is 5.92 Å².